The van der Waals surface area contributed by atoms with Crippen LogP contribution in [0.25, 0.3) is 0 Å². The van der Waals surface area contributed by atoms with Crippen LogP contribution in [0.15, 0.2) is 47.2 Å². The quantitative estimate of drug-likeness (QED) is 0.785. The molecule has 3 heterocycles. The molecule has 1 N–H and O–H groups in total. The van der Waals surface area contributed by atoms with Gasteiger partial charge in [0.05, 0.1) is 0 Å². The molecule has 0 fully saturated rings. The Bertz CT molecular complexity index is 420. The molecular formula is C12H11NS2. The van der Waals surface area contributed by atoms with Gasteiger partial charge < -0.3 is 0 Å². The minimum Gasteiger partial charge on any atom is -0.296 e. The SMILES string of the molecule is C1=CC(c2cccs2)(c2cccs2)NC1. The monoisotopic (exact) mass is 233 g/mol. The molecule has 0 bridgehead atoms. The Labute approximate surface area is 97.1 Å². The van der Waals surface area contributed by atoms with Gasteiger partial charge in [0.15, 0.2) is 0 Å². The lowest BCUT2D eigenvalue weighted by Crippen LogP contribution is -2.36. The summed E-state index contributed by atoms with van der Waals surface area (Å²) < 4.78 is 0. The van der Waals surface area contributed by atoms with Crippen molar-refractivity contribution in [3.63, 3.8) is 0 Å². The third-order valence-electron chi connectivity index (χ3n) is 2.69. The summed E-state index contributed by atoms with van der Waals surface area (Å²) in [4.78, 5) is 2.75. The first-order chi connectivity index (χ1) is 7.42. The highest BCUT2D eigenvalue weighted by molar-refractivity contribution is 7.11. The van der Waals surface area contributed by atoms with E-state index in [9.17, 15) is 0 Å². The molecule has 0 aliphatic carbocycles. The smallest absolute Gasteiger partial charge is 0.107 e. The van der Waals surface area contributed by atoms with Crippen LogP contribution < -0.4 is 5.32 Å². The van der Waals surface area contributed by atoms with Gasteiger partial charge in [0.1, 0.15) is 5.54 Å². The third kappa shape index (κ3) is 1.39. The van der Waals surface area contributed by atoms with Crippen LogP contribution in [0.2, 0.25) is 0 Å². The Morgan fingerprint density at radius 1 is 1.07 bits per heavy atom. The van der Waals surface area contributed by atoms with Gasteiger partial charge in [0.2, 0.25) is 0 Å². The zero-order valence-corrected chi connectivity index (χ0v) is 9.78. The molecule has 76 valence electrons. The molecule has 0 radical (unpaired) electrons. The van der Waals surface area contributed by atoms with Crippen LogP contribution in [0, 0.1) is 0 Å². The molecule has 1 aliphatic heterocycles. The Hall–Kier alpha value is -0.900. The number of hydrogen-bond acceptors (Lipinski definition) is 3. The Morgan fingerprint density at radius 2 is 1.73 bits per heavy atom. The van der Waals surface area contributed by atoms with E-state index in [1.807, 2.05) is 22.7 Å². The van der Waals surface area contributed by atoms with Gasteiger partial charge in [-0.1, -0.05) is 24.3 Å². The second-order valence-electron chi connectivity index (χ2n) is 3.55. The van der Waals surface area contributed by atoms with Gasteiger partial charge in [-0.15, -0.1) is 22.7 Å². The van der Waals surface area contributed by atoms with E-state index in [0.717, 1.165) is 6.54 Å². The summed E-state index contributed by atoms with van der Waals surface area (Å²) in [5, 5.41) is 7.86. The summed E-state index contributed by atoms with van der Waals surface area (Å²) in [7, 11) is 0. The van der Waals surface area contributed by atoms with E-state index in [-0.39, 0.29) is 5.54 Å². The van der Waals surface area contributed by atoms with Crippen molar-refractivity contribution >= 4 is 22.7 Å². The molecule has 15 heavy (non-hydrogen) atoms. The molecule has 3 rings (SSSR count). The highest BCUT2D eigenvalue weighted by Gasteiger charge is 2.35. The summed E-state index contributed by atoms with van der Waals surface area (Å²) in [6.07, 6.45) is 4.49. The van der Waals surface area contributed by atoms with Gasteiger partial charge in [-0.25, -0.2) is 0 Å². The number of rotatable bonds is 2. The average molecular weight is 233 g/mol. The van der Waals surface area contributed by atoms with Crippen molar-refractivity contribution in [2.45, 2.75) is 5.54 Å². The van der Waals surface area contributed by atoms with E-state index in [4.69, 9.17) is 0 Å². The van der Waals surface area contributed by atoms with Crippen LogP contribution in [0.4, 0.5) is 0 Å². The van der Waals surface area contributed by atoms with Crippen LogP contribution in [0.5, 0.6) is 0 Å². The predicted molar refractivity (Wildman–Crippen MR) is 66.6 cm³/mol. The zero-order valence-electron chi connectivity index (χ0n) is 8.14. The minimum atomic E-state index is -0.0532. The van der Waals surface area contributed by atoms with Crippen molar-refractivity contribution in [1.29, 1.82) is 0 Å². The van der Waals surface area contributed by atoms with Gasteiger partial charge in [0, 0.05) is 16.3 Å². The maximum atomic E-state index is 3.58. The molecule has 0 aromatic carbocycles. The summed E-state index contributed by atoms with van der Waals surface area (Å²) in [6.45, 7) is 0.954. The molecule has 0 unspecified atom stereocenters. The fourth-order valence-electron chi connectivity index (χ4n) is 1.98. The van der Waals surface area contributed by atoms with E-state index >= 15 is 0 Å². The highest BCUT2D eigenvalue weighted by Crippen LogP contribution is 2.38. The topological polar surface area (TPSA) is 12.0 Å². The summed E-state index contributed by atoms with van der Waals surface area (Å²) in [5.41, 5.74) is -0.0532. The largest absolute Gasteiger partial charge is 0.296 e. The lowest BCUT2D eigenvalue weighted by Gasteiger charge is -2.25. The van der Waals surface area contributed by atoms with Crippen molar-refractivity contribution in [2.75, 3.05) is 6.54 Å². The fourth-order valence-corrected chi connectivity index (χ4v) is 3.84. The molecular weight excluding hydrogens is 222 g/mol. The molecule has 0 spiro atoms. The van der Waals surface area contributed by atoms with Crippen molar-refractivity contribution in [1.82, 2.24) is 5.32 Å². The maximum absolute atomic E-state index is 3.58. The van der Waals surface area contributed by atoms with Gasteiger partial charge in [0.25, 0.3) is 0 Å². The molecule has 0 saturated heterocycles. The lowest BCUT2D eigenvalue weighted by atomic mass is 9.97. The second kappa shape index (κ2) is 3.59. The first-order valence-electron chi connectivity index (χ1n) is 4.92. The molecule has 2 aromatic rings. The van der Waals surface area contributed by atoms with Gasteiger partial charge in [-0.2, -0.15) is 0 Å². The lowest BCUT2D eigenvalue weighted by molar-refractivity contribution is 0.572. The van der Waals surface area contributed by atoms with Crippen molar-refractivity contribution in [2.24, 2.45) is 0 Å². The summed E-state index contributed by atoms with van der Waals surface area (Å²) in [5.74, 6) is 0. The molecule has 1 aliphatic rings. The maximum Gasteiger partial charge on any atom is 0.107 e. The van der Waals surface area contributed by atoms with Crippen LogP contribution in [-0.4, -0.2) is 6.54 Å². The molecule has 0 amide bonds. The van der Waals surface area contributed by atoms with Crippen molar-refractivity contribution in [3.8, 4) is 0 Å². The first kappa shape index (κ1) is 9.33. The molecule has 3 heteroatoms. The highest BCUT2D eigenvalue weighted by atomic mass is 32.1. The predicted octanol–water partition coefficient (Wildman–Crippen LogP) is 3.21. The zero-order chi connectivity index (χ0) is 10.1. The number of thiophene rings is 2. The second-order valence-corrected chi connectivity index (χ2v) is 5.44. The molecule has 1 nitrogen and oxygen atoms in total. The number of hydrogen-bond donors (Lipinski definition) is 1. The van der Waals surface area contributed by atoms with E-state index in [1.165, 1.54) is 9.75 Å². The van der Waals surface area contributed by atoms with Gasteiger partial charge in [-0.3, -0.25) is 5.32 Å². The van der Waals surface area contributed by atoms with E-state index in [0.29, 0.717) is 0 Å². The Morgan fingerprint density at radius 3 is 2.13 bits per heavy atom. The molecule has 0 saturated carbocycles. The van der Waals surface area contributed by atoms with Crippen LogP contribution in [-0.2, 0) is 5.54 Å². The summed E-state index contributed by atoms with van der Waals surface area (Å²) in [6, 6.07) is 8.63. The van der Waals surface area contributed by atoms with Crippen LogP contribution in [0.3, 0.4) is 0 Å². The molecule has 0 atom stereocenters. The van der Waals surface area contributed by atoms with Crippen molar-refractivity contribution in [3.05, 3.63) is 56.9 Å². The average Bonchev–Trinajstić information content (AvgIpc) is 3.02. The Kier molecular flexibility index (Phi) is 2.24. The van der Waals surface area contributed by atoms with Gasteiger partial charge in [-0.05, 0) is 22.9 Å². The third-order valence-corrected chi connectivity index (χ3v) is 4.70. The van der Waals surface area contributed by atoms with Crippen LogP contribution >= 0.6 is 22.7 Å². The van der Waals surface area contributed by atoms with E-state index in [2.05, 4.69) is 52.5 Å². The standard InChI is InChI=1S/C12H11NS2/c1-4-10(14-8-1)12(6-3-7-13-12)11-5-2-9-15-11/h1-6,8-9,13H,7H2. The fraction of sp³-hybridized carbons (Fsp3) is 0.167. The van der Waals surface area contributed by atoms with Crippen molar-refractivity contribution < 1.29 is 0 Å². The first-order valence-corrected chi connectivity index (χ1v) is 6.68. The minimum absolute atomic E-state index is 0.0532. The Balaban J connectivity index is 2.15. The van der Waals surface area contributed by atoms with E-state index < -0.39 is 0 Å². The summed E-state index contributed by atoms with van der Waals surface area (Å²) >= 11 is 3.62. The van der Waals surface area contributed by atoms with Crippen LogP contribution in [0.1, 0.15) is 9.75 Å². The van der Waals surface area contributed by atoms with Gasteiger partial charge >= 0.3 is 0 Å². The number of nitrogens with one attached hydrogen (secondary N) is 1. The normalized spacial score (nSPS) is 18.4. The van der Waals surface area contributed by atoms with E-state index in [1.54, 1.807) is 0 Å². The molecule has 2 aromatic heterocycles.